The predicted octanol–water partition coefficient (Wildman–Crippen LogP) is 8.93. The van der Waals surface area contributed by atoms with Crippen LogP contribution in [-0.4, -0.2) is 45.6 Å². The van der Waals surface area contributed by atoms with Crippen LogP contribution in [0.1, 0.15) is 152 Å². The first-order chi connectivity index (χ1) is 23.6. The van der Waals surface area contributed by atoms with Crippen LogP contribution >= 0.6 is 0 Å². The van der Waals surface area contributed by atoms with E-state index in [1.807, 2.05) is 12.2 Å². The monoisotopic (exact) mass is 700 g/mol. The molecule has 0 aliphatic heterocycles. The summed E-state index contributed by atoms with van der Waals surface area (Å²) in [6, 6.07) is 0. The molecular formula is C45H64O6. The van der Waals surface area contributed by atoms with Crippen molar-refractivity contribution in [1.82, 2.24) is 0 Å². The van der Waals surface area contributed by atoms with Gasteiger partial charge in [0, 0.05) is 23.7 Å². The average molecular weight is 701 g/mol. The molecule has 8 aliphatic rings. The molecule has 0 bridgehead atoms. The summed E-state index contributed by atoms with van der Waals surface area (Å²) < 4.78 is 0. The second kappa shape index (κ2) is 13.4. The molecule has 0 heterocycles. The fourth-order valence-corrected chi connectivity index (χ4v) is 13.3. The van der Waals surface area contributed by atoms with Crippen LogP contribution in [0.25, 0.3) is 0 Å². The maximum absolute atomic E-state index is 12.8. The maximum Gasteiger partial charge on any atom is 0.167 e. The topological polar surface area (TPSA) is 109 Å². The van der Waals surface area contributed by atoms with E-state index < -0.39 is 23.0 Å². The van der Waals surface area contributed by atoms with Crippen molar-refractivity contribution in [3.8, 4) is 0 Å². The van der Waals surface area contributed by atoms with E-state index in [1.54, 1.807) is 25.0 Å². The minimum Gasteiger partial charge on any atom is -0.386 e. The third-order valence-electron chi connectivity index (χ3n) is 16.5. The number of fused-ring (bicyclic) bond motifs is 8. The Balaban J connectivity index is 0.000000172. The molecule has 2 N–H and O–H groups in total. The molecule has 10 atom stereocenters. The van der Waals surface area contributed by atoms with Crippen molar-refractivity contribution < 1.29 is 29.4 Å². The molecule has 280 valence electrons. The number of rotatable bonds is 4. The van der Waals surface area contributed by atoms with Gasteiger partial charge in [-0.2, -0.15) is 0 Å². The molecule has 0 aromatic rings. The Hall–Kier alpha value is -2.44. The van der Waals surface area contributed by atoms with E-state index in [2.05, 4.69) is 27.7 Å². The molecule has 4 saturated carbocycles. The maximum atomic E-state index is 12.8. The van der Waals surface area contributed by atoms with Gasteiger partial charge < -0.3 is 10.2 Å². The molecule has 0 aromatic heterocycles. The lowest BCUT2D eigenvalue weighted by Gasteiger charge is -2.52. The van der Waals surface area contributed by atoms with Crippen LogP contribution < -0.4 is 0 Å². The Morgan fingerprint density at radius 3 is 1.31 bits per heavy atom. The molecule has 4 fully saturated rings. The summed E-state index contributed by atoms with van der Waals surface area (Å²) in [6.45, 7) is 12.1. The van der Waals surface area contributed by atoms with Gasteiger partial charge in [0.25, 0.3) is 0 Å². The summed E-state index contributed by atoms with van der Waals surface area (Å²) in [5, 5.41) is 19.9. The quantitative estimate of drug-likeness (QED) is 0.303. The van der Waals surface area contributed by atoms with E-state index >= 15 is 0 Å². The summed E-state index contributed by atoms with van der Waals surface area (Å²) in [6.07, 6.45) is 17.6. The van der Waals surface area contributed by atoms with Crippen molar-refractivity contribution in [3.63, 3.8) is 0 Å². The smallest absolute Gasteiger partial charge is 0.167 e. The lowest BCUT2D eigenvalue weighted by Crippen LogP contribution is -2.50. The van der Waals surface area contributed by atoms with Crippen molar-refractivity contribution in [2.75, 3.05) is 0 Å². The number of carbonyl (C=O) groups is 4. The van der Waals surface area contributed by atoms with Gasteiger partial charge in [-0.15, -0.1) is 0 Å². The molecule has 51 heavy (non-hydrogen) atoms. The van der Waals surface area contributed by atoms with Crippen LogP contribution in [0.5, 0.6) is 0 Å². The van der Waals surface area contributed by atoms with E-state index in [4.69, 9.17) is 0 Å². The summed E-state index contributed by atoms with van der Waals surface area (Å²) in [5.74, 6) is 2.86. The number of Topliss-reactive ketones (excluding diaryl/α,β-unsaturated/α-hetero) is 2. The zero-order valence-electron chi connectivity index (χ0n) is 31.5. The van der Waals surface area contributed by atoms with Gasteiger partial charge in [0.1, 0.15) is 12.2 Å². The van der Waals surface area contributed by atoms with Crippen LogP contribution in [0, 0.1) is 45.3 Å². The van der Waals surface area contributed by atoms with Gasteiger partial charge in [-0.05, 0) is 173 Å². The Labute approximate surface area is 306 Å². The highest BCUT2D eigenvalue weighted by atomic mass is 16.3. The SMILES string of the molecule is C.C[C@@H](O)C(=O)[C@@]1(C)CC[C@H]2[C@@H]3CCC4=CC(=O)CCC4=C3CC[C@@]21C.C[C@H](O)C(=O)[C@@]1(C)CC[C@H]2[C@@H]3CCC4=CC(=O)CCC4=C3CC[C@@]21C. The summed E-state index contributed by atoms with van der Waals surface area (Å²) in [4.78, 5) is 49.2. The zero-order chi connectivity index (χ0) is 36.0. The van der Waals surface area contributed by atoms with Crippen molar-refractivity contribution in [1.29, 1.82) is 0 Å². The van der Waals surface area contributed by atoms with Gasteiger partial charge in [-0.25, -0.2) is 0 Å². The van der Waals surface area contributed by atoms with Crippen LogP contribution in [0.2, 0.25) is 0 Å². The third kappa shape index (κ3) is 5.70. The minimum absolute atomic E-state index is 0. The van der Waals surface area contributed by atoms with Crippen LogP contribution in [-0.2, 0) is 19.2 Å². The van der Waals surface area contributed by atoms with Gasteiger partial charge in [0.2, 0.25) is 0 Å². The van der Waals surface area contributed by atoms with E-state index in [-0.39, 0.29) is 41.4 Å². The Bertz CT molecular complexity index is 1520. The fraction of sp³-hybridized carbons (Fsp3) is 0.733. The second-order valence-electron chi connectivity index (χ2n) is 18.4. The van der Waals surface area contributed by atoms with Crippen molar-refractivity contribution in [3.05, 3.63) is 45.6 Å². The first kappa shape index (κ1) is 38.3. The summed E-state index contributed by atoms with van der Waals surface area (Å²) >= 11 is 0. The minimum atomic E-state index is -0.870. The molecule has 0 aromatic carbocycles. The van der Waals surface area contributed by atoms with E-state index in [9.17, 15) is 29.4 Å². The molecule has 6 heteroatoms. The van der Waals surface area contributed by atoms with Crippen LogP contribution in [0.3, 0.4) is 0 Å². The Kier molecular flexibility index (Phi) is 10.1. The number of carbonyl (C=O) groups excluding carboxylic acids is 4. The average Bonchev–Trinajstić information content (AvgIpc) is 3.53. The predicted molar refractivity (Wildman–Crippen MR) is 201 cm³/mol. The molecule has 0 saturated heterocycles. The van der Waals surface area contributed by atoms with Crippen molar-refractivity contribution in [2.45, 2.75) is 164 Å². The van der Waals surface area contributed by atoms with Gasteiger partial charge in [-0.1, -0.05) is 46.3 Å². The van der Waals surface area contributed by atoms with Crippen LogP contribution in [0.4, 0.5) is 0 Å². The summed E-state index contributed by atoms with van der Waals surface area (Å²) in [7, 11) is 0. The standard InChI is InChI=1S/2C22H30O3.CH4/c2*1-13(23)20(25)22(3)11-9-19-18-6-4-14-12-15(24)5-7-16(14)17(18)8-10-21(19,22)2;/h2*12-13,18-19,23H,4-11H2,1-3H3;1H4/t13-,18+,19-,21-,22+;13-,18-,19+,21+,22-;/m01./s1. The number of ketones is 4. The second-order valence-corrected chi connectivity index (χ2v) is 18.4. The lowest BCUT2D eigenvalue weighted by atomic mass is 9.51. The first-order valence-electron chi connectivity index (χ1n) is 19.9. The van der Waals surface area contributed by atoms with E-state index in [0.29, 0.717) is 36.5 Å². The van der Waals surface area contributed by atoms with Crippen LogP contribution in [0.15, 0.2) is 45.6 Å². The Morgan fingerprint density at radius 1 is 0.588 bits per heavy atom. The Morgan fingerprint density at radius 2 is 0.961 bits per heavy atom. The number of allylic oxidation sites excluding steroid dienone is 8. The van der Waals surface area contributed by atoms with Gasteiger partial charge >= 0.3 is 0 Å². The first-order valence-corrected chi connectivity index (χ1v) is 19.9. The molecule has 0 amide bonds. The number of hydrogen-bond donors (Lipinski definition) is 2. The highest BCUT2D eigenvalue weighted by Crippen LogP contribution is 2.68. The molecule has 8 aliphatic carbocycles. The highest BCUT2D eigenvalue weighted by molar-refractivity contribution is 5.94. The fourth-order valence-electron chi connectivity index (χ4n) is 13.3. The molecule has 6 nitrogen and oxygen atoms in total. The van der Waals surface area contributed by atoms with Crippen molar-refractivity contribution >= 4 is 23.1 Å². The van der Waals surface area contributed by atoms with Gasteiger partial charge in [0.05, 0.1) is 0 Å². The lowest BCUT2D eigenvalue weighted by molar-refractivity contribution is -0.144. The van der Waals surface area contributed by atoms with Crippen molar-refractivity contribution in [2.24, 2.45) is 45.3 Å². The van der Waals surface area contributed by atoms with Gasteiger partial charge in [-0.3, -0.25) is 19.2 Å². The third-order valence-corrected chi connectivity index (χ3v) is 16.5. The normalized spacial score (nSPS) is 40.8. The molecule has 0 unspecified atom stereocenters. The largest absolute Gasteiger partial charge is 0.386 e. The highest BCUT2D eigenvalue weighted by Gasteiger charge is 2.63. The molecule has 8 rings (SSSR count). The molecule has 0 spiro atoms. The van der Waals surface area contributed by atoms with E-state index in [1.165, 1.54) is 22.3 Å². The number of hydrogen-bond acceptors (Lipinski definition) is 6. The van der Waals surface area contributed by atoms with E-state index in [0.717, 1.165) is 89.9 Å². The van der Waals surface area contributed by atoms with Gasteiger partial charge in [0.15, 0.2) is 23.1 Å². The molecular weight excluding hydrogens is 636 g/mol. The zero-order valence-corrected chi connectivity index (χ0v) is 31.5. The summed E-state index contributed by atoms with van der Waals surface area (Å²) in [5.41, 5.74) is 7.92. The number of aliphatic hydroxyl groups is 2. The molecule has 0 radical (unpaired) electrons. The number of aliphatic hydroxyl groups excluding tert-OH is 2.